The van der Waals surface area contributed by atoms with Crippen LogP contribution in [0.5, 0.6) is 5.88 Å². The maximum atomic E-state index is 14.0. The van der Waals surface area contributed by atoms with Crippen LogP contribution in [0.4, 0.5) is 18.9 Å². The van der Waals surface area contributed by atoms with Gasteiger partial charge in [0, 0.05) is 37.3 Å². The molecule has 0 spiro atoms. The molecule has 1 atom stereocenters. The summed E-state index contributed by atoms with van der Waals surface area (Å²) in [5.74, 6) is -0.163. The molecule has 1 aromatic rings. The van der Waals surface area contributed by atoms with Gasteiger partial charge in [-0.2, -0.15) is 18.4 Å². The maximum Gasteiger partial charge on any atom is 0.419 e. The number of aromatic nitrogens is 1. The number of thiocarbonyl (C=S) groups is 1. The first-order valence-electron chi connectivity index (χ1n) is 10.3. The van der Waals surface area contributed by atoms with E-state index in [9.17, 15) is 23.2 Å². The highest BCUT2D eigenvalue weighted by atomic mass is 32.1. The Labute approximate surface area is 194 Å². The van der Waals surface area contributed by atoms with Gasteiger partial charge in [-0.05, 0) is 32.1 Å². The largest absolute Gasteiger partial charge is 0.472 e. The molecule has 2 aliphatic heterocycles. The Morgan fingerprint density at radius 2 is 2.03 bits per heavy atom. The topological polar surface area (TPSA) is 78.7 Å². The van der Waals surface area contributed by atoms with Crippen molar-refractivity contribution in [2.75, 3.05) is 31.2 Å². The van der Waals surface area contributed by atoms with Gasteiger partial charge in [0.25, 0.3) is 0 Å². The minimum absolute atomic E-state index is 0.0621. The Balaban J connectivity index is 1.64. The van der Waals surface area contributed by atoms with Crippen LogP contribution in [-0.2, 0) is 9.53 Å². The molecule has 0 radical (unpaired) electrons. The number of allylic oxidation sites excluding steroid dienone is 4. The molecule has 1 aromatic heterocycles. The summed E-state index contributed by atoms with van der Waals surface area (Å²) in [4.78, 5) is 19.9. The van der Waals surface area contributed by atoms with Crippen LogP contribution in [-0.4, -0.2) is 59.4 Å². The van der Waals surface area contributed by atoms with Crippen LogP contribution >= 0.6 is 12.2 Å². The Morgan fingerprint density at radius 3 is 2.61 bits per heavy atom. The van der Waals surface area contributed by atoms with Crippen molar-refractivity contribution in [2.24, 2.45) is 5.41 Å². The highest BCUT2D eigenvalue weighted by Gasteiger charge is 2.51. The number of ether oxygens (including phenoxy) is 2. The summed E-state index contributed by atoms with van der Waals surface area (Å²) in [5, 5.41) is 9.41. The van der Waals surface area contributed by atoms with E-state index in [1.807, 2.05) is 0 Å². The number of nitrogens with zero attached hydrogens (tertiary/aromatic N) is 4. The van der Waals surface area contributed by atoms with Crippen molar-refractivity contribution in [3.8, 4) is 11.9 Å². The van der Waals surface area contributed by atoms with Crippen LogP contribution in [0.2, 0.25) is 0 Å². The summed E-state index contributed by atoms with van der Waals surface area (Å²) in [6, 6.07) is 4.92. The van der Waals surface area contributed by atoms with Crippen molar-refractivity contribution in [1.82, 2.24) is 9.88 Å². The normalized spacial score (nSPS) is 23.2. The summed E-state index contributed by atoms with van der Waals surface area (Å²) in [7, 11) is 0. The number of carbonyl (C=O) groups is 1. The predicted molar refractivity (Wildman–Crippen MR) is 116 cm³/mol. The van der Waals surface area contributed by atoms with E-state index in [0.29, 0.717) is 31.3 Å². The standard InChI is InChI=1S/C22H21F3N4O3S/c1-21(2)16(30)9-13(10-26)18(22(23,24)25)19(21)29-7-6-28(20(29)33)14-3-4-17(27-11-14)32-15-5-8-31-12-15/h3-4,9,11,15H,5-8,12H2,1-2H3. The molecule has 0 N–H and O–H groups in total. The van der Waals surface area contributed by atoms with Gasteiger partial charge in [-0.25, -0.2) is 4.98 Å². The van der Waals surface area contributed by atoms with Crippen molar-refractivity contribution in [2.45, 2.75) is 32.5 Å². The monoisotopic (exact) mass is 478 g/mol. The molecule has 1 unspecified atom stereocenters. The fourth-order valence-electron chi connectivity index (χ4n) is 4.15. The van der Waals surface area contributed by atoms with Crippen molar-refractivity contribution >= 4 is 28.8 Å². The number of anilines is 1. The molecule has 0 saturated carbocycles. The van der Waals surface area contributed by atoms with E-state index < -0.39 is 28.5 Å². The van der Waals surface area contributed by atoms with Gasteiger partial charge in [0.05, 0.1) is 47.7 Å². The number of rotatable bonds is 4. The van der Waals surface area contributed by atoms with E-state index in [4.69, 9.17) is 21.7 Å². The molecule has 3 heterocycles. The summed E-state index contributed by atoms with van der Waals surface area (Å²) >= 11 is 5.53. The van der Waals surface area contributed by atoms with E-state index in [1.54, 1.807) is 17.0 Å². The van der Waals surface area contributed by atoms with Crippen molar-refractivity contribution in [1.29, 1.82) is 5.26 Å². The number of hydrogen-bond donors (Lipinski definition) is 0. The summed E-state index contributed by atoms with van der Waals surface area (Å²) in [6.07, 6.45) is -1.81. The lowest BCUT2D eigenvalue weighted by Crippen LogP contribution is -2.44. The van der Waals surface area contributed by atoms with Gasteiger partial charge in [0.15, 0.2) is 10.9 Å². The Bertz CT molecular complexity index is 1080. The number of alkyl halides is 3. The van der Waals surface area contributed by atoms with Crippen LogP contribution in [0.3, 0.4) is 0 Å². The van der Waals surface area contributed by atoms with E-state index in [-0.39, 0.29) is 23.5 Å². The van der Waals surface area contributed by atoms with E-state index in [1.165, 1.54) is 31.0 Å². The smallest absolute Gasteiger partial charge is 0.419 e. The second kappa shape index (κ2) is 8.43. The fraction of sp³-hybridized carbons (Fsp3) is 0.455. The maximum absolute atomic E-state index is 14.0. The molecule has 0 aromatic carbocycles. The molecule has 11 heteroatoms. The van der Waals surface area contributed by atoms with Crippen molar-refractivity contribution < 1.29 is 27.4 Å². The number of carbonyl (C=O) groups excluding carboxylic acids is 1. The summed E-state index contributed by atoms with van der Waals surface area (Å²) < 4.78 is 53.1. The molecule has 174 valence electrons. The van der Waals surface area contributed by atoms with E-state index >= 15 is 0 Å². The van der Waals surface area contributed by atoms with Crippen molar-refractivity contribution in [3.63, 3.8) is 0 Å². The molecule has 3 aliphatic rings. The third-order valence-electron chi connectivity index (χ3n) is 5.88. The van der Waals surface area contributed by atoms with Gasteiger partial charge in [0.2, 0.25) is 5.88 Å². The third kappa shape index (κ3) is 4.20. The lowest BCUT2D eigenvalue weighted by molar-refractivity contribution is -0.122. The Hall–Kier alpha value is -2.97. The van der Waals surface area contributed by atoms with Crippen LogP contribution in [0.15, 0.2) is 41.2 Å². The number of hydrogen-bond acceptors (Lipinski definition) is 6. The average molecular weight is 478 g/mol. The number of nitriles is 1. The van der Waals surface area contributed by atoms with Crippen LogP contribution < -0.4 is 9.64 Å². The average Bonchev–Trinajstić information content (AvgIpc) is 3.39. The zero-order chi connectivity index (χ0) is 24.0. The molecule has 0 amide bonds. The first-order chi connectivity index (χ1) is 15.5. The minimum Gasteiger partial charge on any atom is -0.472 e. The van der Waals surface area contributed by atoms with Gasteiger partial charge < -0.3 is 19.3 Å². The molecule has 33 heavy (non-hydrogen) atoms. The summed E-state index contributed by atoms with van der Waals surface area (Å²) in [6.45, 7) is 4.37. The highest BCUT2D eigenvalue weighted by molar-refractivity contribution is 7.80. The predicted octanol–water partition coefficient (Wildman–Crippen LogP) is 3.53. The SMILES string of the molecule is CC1(C)C(=O)C=C(C#N)C(C(F)(F)F)=C1N1CCN(c2ccc(OC3CCOC3)nc2)C1=S. The first-order valence-corrected chi connectivity index (χ1v) is 10.7. The van der Waals surface area contributed by atoms with Crippen LogP contribution in [0.25, 0.3) is 0 Å². The lowest BCUT2D eigenvalue weighted by Gasteiger charge is -2.38. The molecular formula is C22H21F3N4O3S. The Morgan fingerprint density at radius 1 is 1.30 bits per heavy atom. The van der Waals surface area contributed by atoms with Crippen LogP contribution in [0.1, 0.15) is 20.3 Å². The second-order valence-electron chi connectivity index (χ2n) is 8.42. The minimum atomic E-state index is -4.83. The van der Waals surface area contributed by atoms with Crippen molar-refractivity contribution in [3.05, 3.63) is 41.2 Å². The van der Waals surface area contributed by atoms with Gasteiger partial charge in [-0.15, -0.1) is 0 Å². The van der Waals surface area contributed by atoms with Gasteiger partial charge in [-0.3, -0.25) is 4.79 Å². The number of halogens is 3. The number of pyridine rings is 1. The molecule has 7 nitrogen and oxygen atoms in total. The molecule has 0 bridgehead atoms. The molecule has 2 saturated heterocycles. The second-order valence-corrected chi connectivity index (χ2v) is 8.79. The van der Waals surface area contributed by atoms with Gasteiger partial charge in [0.1, 0.15) is 6.10 Å². The lowest BCUT2D eigenvalue weighted by atomic mass is 9.75. The van der Waals surface area contributed by atoms with E-state index in [0.717, 1.165) is 12.5 Å². The zero-order valence-corrected chi connectivity index (χ0v) is 18.8. The summed E-state index contributed by atoms with van der Waals surface area (Å²) in [5.41, 5.74) is -3.06. The quantitative estimate of drug-likeness (QED) is 0.609. The van der Waals surface area contributed by atoms with Crippen LogP contribution in [0, 0.1) is 16.7 Å². The number of ketones is 1. The third-order valence-corrected chi connectivity index (χ3v) is 6.32. The Kier molecular flexibility index (Phi) is 5.92. The molecule has 1 aliphatic carbocycles. The molecule has 4 rings (SSSR count). The highest BCUT2D eigenvalue weighted by Crippen LogP contribution is 2.46. The van der Waals surface area contributed by atoms with E-state index in [2.05, 4.69) is 4.98 Å². The van der Waals surface area contributed by atoms with Gasteiger partial charge >= 0.3 is 6.18 Å². The van der Waals surface area contributed by atoms with Gasteiger partial charge in [-0.1, -0.05) is 0 Å². The molecular weight excluding hydrogens is 457 g/mol. The fourth-order valence-corrected chi connectivity index (χ4v) is 4.53. The molecule has 2 fully saturated rings. The first kappa shape index (κ1) is 23.2. The zero-order valence-electron chi connectivity index (χ0n) is 18.0.